The van der Waals surface area contributed by atoms with Gasteiger partial charge in [-0.2, -0.15) is 18.3 Å². The molecule has 5 rings (SSSR count). The minimum Gasteiger partial charge on any atom is -0.444 e. The number of imide groups is 1. The number of ether oxygens (including phenoxy) is 1. The maximum atomic E-state index is 13.5. The van der Waals surface area contributed by atoms with E-state index >= 15 is 0 Å². The lowest BCUT2D eigenvalue weighted by Gasteiger charge is -2.37. The van der Waals surface area contributed by atoms with E-state index in [2.05, 4.69) is 10.4 Å². The molecule has 1 saturated heterocycles. The molecular weight excluding hydrogens is 593 g/mol. The third kappa shape index (κ3) is 6.75. The number of hydrogen-bond donors (Lipinski definition) is 1. The first-order chi connectivity index (χ1) is 19.7. The normalized spacial score (nSPS) is 20.4. The number of rotatable bonds is 6. The van der Waals surface area contributed by atoms with Crippen LogP contribution in [0.4, 0.5) is 22.8 Å². The molecule has 0 atom stereocenters. The zero-order chi connectivity index (χ0) is 30.4. The highest BCUT2D eigenvalue weighted by molar-refractivity contribution is 8.18. The molecule has 3 amide bonds. The molecule has 3 aromatic rings. The Morgan fingerprint density at radius 3 is 2.60 bits per heavy atom. The Balaban J connectivity index is 1.23. The number of carbonyl (C=O) groups excluding carboxylic acids is 3. The molecule has 13 heteroatoms. The van der Waals surface area contributed by atoms with Gasteiger partial charge < -0.3 is 10.1 Å². The second-order valence-electron chi connectivity index (χ2n) is 11.4. The Labute approximate surface area is 249 Å². The first-order valence-electron chi connectivity index (χ1n) is 13.2. The monoisotopic (exact) mass is 620 g/mol. The maximum absolute atomic E-state index is 13.5. The molecule has 1 aliphatic carbocycles. The van der Waals surface area contributed by atoms with Crippen LogP contribution in [0.1, 0.15) is 50.3 Å². The SMILES string of the molecule is CC(C)(C)OC(=O)N[C@H]1C[C@H](CN2C(=O)SC(=Cc3ccc4c(cnn4Cc4ccc(Cl)cc4C(F)(F)F)c3)C2=O)C1. The number of thioether (sulfide) groups is 1. The van der Waals surface area contributed by atoms with Crippen molar-refractivity contribution >= 4 is 57.6 Å². The van der Waals surface area contributed by atoms with E-state index in [1.54, 1.807) is 51.2 Å². The summed E-state index contributed by atoms with van der Waals surface area (Å²) in [4.78, 5) is 39.1. The minimum atomic E-state index is -4.56. The topological polar surface area (TPSA) is 93.5 Å². The highest BCUT2D eigenvalue weighted by Gasteiger charge is 2.40. The zero-order valence-corrected chi connectivity index (χ0v) is 24.6. The van der Waals surface area contributed by atoms with Gasteiger partial charge in [0.1, 0.15) is 5.60 Å². The number of nitrogens with zero attached hydrogens (tertiary/aromatic N) is 3. The van der Waals surface area contributed by atoms with Gasteiger partial charge in [-0.15, -0.1) is 0 Å². The predicted molar refractivity (Wildman–Crippen MR) is 154 cm³/mol. The van der Waals surface area contributed by atoms with Crippen LogP contribution in [0.5, 0.6) is 0 Å². The van der Waals surface area contributed by atoms with Crippen molar-refractivity contribution in [3.05, 3.63) is 69.2 Å². The van der Waals surface area contributed by atoms with Crippen molar-refractivity contribution in [3.8, 4) is 0 Å². The van der Waals surface area contributed by atoms with Crippen LogP contribution in [-0.2, 0) is 22.3 Å². The van der Waals surface area contributed by atoms with Crippen molar-refractivity contribution in [2.24, 2.45) is 5.92 Å². The molecule has 222 valence electrons. The van der Waals surface area contributed by atoms with Crippen LogP contribution in [0.3, 0.4) is 0 Å². The van der Waals surface area contributed by atoms with E-state index in [-0.39, 0.29) is 51.7 Å². The Bertz CT molecular complexity index is 1590. The summed E-state index contributed by atoms with van der Waals surface area (Å²) in [5.41, 5.74) is -0.107. The van der Waals surface area contributed by atoms with Gasteiger partial charge in [0, 0.05) is 23.0 Å². The number of alkyl halides is 3. The number of fused-ring (bicyclic) bond motifs is 1. The van der Waals surface area contributed by atoms with Gasteiger partial charge in [-0.25, -0.2) is 4.79 Å². The van der Waals surface area contributed by atoms with Crippen molar-refractivity contribution in [1.29, 1.82) is 0 Å². The van der Waals surface area contributed by atoms with Gasteiger partial charge >= 0.3 is 12.3 Å². The lowest BCUT2D eigenvalue weighted by molar-refractivity contribution is -0.138. The first kappa shape index (κ1) is 30.0. The number of benzene rings is 2. The fourth-order valence-corrected chi connectivity index (χ4v) is 6.00. The molecule has 1 N–H and O–H groups in total. The average molecular weight is 621 g/mol. The first-order valence-corrected chi connectivity index (χ1v) is 14.4. The molecule has 1 aliphatic heterocycles. The van der Waals surface area contributed by atoms with Crippen molar-refractivity contribution in [3.63, 3.8) is 0 Å². The molecule has 0 bridgehead atoms. The van der Waals surface area contributed by atoms with E-state index in [1.807, 2.05) is 0 Å². The average Bonchev–Trinajstić information content (AvgIpc) is 3.36. The minimum absolute atomic E-state index is 0.00228. The van der Waals surface area contributed by atoms with Crippen molar-refractivity contribution in [2.75, 3.05) is 6.54 Å². The summed E-state index contributed by atoms with van der Waals surface area (Å²) in [5.74, 6) is -0.301. The second-order valence-corrected chi connectivity index (χ2v) is 12.8. The smallest absolute Gasteiger partial charge is 0.416 e. The van der Waals surface area contributed by atoms with Crippen LogP contribution in [0, 0.1) is 5.92 Å². The third-order valence-electron chi connectivity index (χ3n) is 6.93. The molecule has 2 fully saturated rings. The molecule has 2 aromatic carbocycles. The van der Waals surface area contributed by atoms with Crippen LogP contribution in [0.15, 0.2) is 47.5 Å². The van der Waals surface area contributed by atoms with Crippen molar-refractivity contribution < 1.29 is 32.3 Å². The number of nitrogens with one attached hydrogen (secondary N) is 1. The summed E-state index contributed by atoms with van der Waals surface area (Å²) in [6.45, 7) is 5.52. The highest BCUT2D eigenvalue weighted by Crippen LogP contribution is 2.37. The van der Waals surface area contributed by atoms with E-state index in [0.717, 1.165) is 17.8 Å². The van der Waals surface area contributed by atoms with Gasteiger partial charge in [0.25, 0.3) is 11.1 Å². The van der Waals surface area contributed by atoms with Gasteiger partial charge in [-0.05, 0) is 92.8 Å². The standard InChI is InChI=1S/C29H28ClF3N4O4S/c1-28(2,3)41-26(39)35-21-9-17(10-21)14-36-25(38)24(42-27(36)40)11-16-4-7-23-19(8-16)13-34-37(23)15-18-5-6-20(30)12-22(18)29(31,32)33/h4-8,11-13,17,21H,9-10,14-15H2,1-3H3,(H,35,39)/t17-,21-. The molecule has 0 unspecified atom stereocenters. The van der Waals surface area contributed by atoms with Gasteiger partial charge in [-0.3, -0.25) is 19.2 Å². The van der Waals surface area contributed by atoms with Gasteiger partial charge in [0.15, 0.2) is 0 Å². The number of aromatic nitrogens is 2. The number of halogens is 4. The lowest BCUT2D eigenvalue weighted by Crippen LogP contribution is -2.49. The van der Waals surface area contributed by atoms with Crippen LogP contribution < -0.4 is 5.32 Å². The van der Waals surface area contributed by atoms with Gasteiger partial charge in [-0.1, -0.05) is 23.7 Å². The number of alkyl carbamates (subject to hydrolysis) is 1. The fourth-order valence-electron chi connectivity index (χ4n) is 4.98. The van der Waals surface area contributed by atoms with Crippen LogP contribution in [-0.4, -0.2) is 50.1 Å². The molecular formula is C29H28ClF3N4O4S. The predicted octanol–water partition coefficient (Wildman–Crippen LogP) is 7.10. The van der Waals surface area contributed by atoms with E-state index in [4.69, 9.17) is 16.3 Å². The number of carbonyl (C=O) groups is 3. The summed E-state index contributed by atoms with van der Waals surface area (Å²) in [5, 5.41) is 7.38. The van der Waals surface area contributed by atoms with Crippen molar-refractivity contribution in [2.45, 2.75) is 58.0 Å². The highest BCUT2D eigenvalue weighted by atomic mass is 35.5. The lowest BCUT2D eigenvalue weighted by atomic mass is 9.80. The van der Waals surface area contributed by atoms with Crippen LogP contribution in [0.25, 0.3) is 17.0 Å². The Morgan fingerprint density at radius 2 is 1.90 bits per heavy atom. The third-order valence-corrected chi connectivity index (χ3v) is 8.07. The van der Waals surface area contributed by atoms with E-state index in [9.17, 15) is 27.6 Å². The van der Waals surface area contributed by atoms with Gasteiger partial charge in [0.05, 0.1) is 28.7 Å². The number of amides is 3. The molecule has 42 heavy (non-hydrogen) atoms. The summed E-state index contributed by atoms with van der Waals surface area (Å²) >= 11 is 6.65. The van der Waals surface area contributed by atoms with E-state index in [0.29, 0.717) is 29.3 Å². The second kappa shape index (κ2) is 11.3. The Hall–Kier alpha value is -3.51. The molecule has 2 aliphatic rings. The summed E-state index contributed by atoms with van der Waals surface area (Å²) in [7, 11) is 0. The van der Waals surface area contributed by atoms with Crippen LogP contribution >= 0.6 is 23.4 Å². The van der Waals surface area contributed by atoms with Gasteiger partial charge in [0.2, 0.25) is 0 Å². The van der Waals surface area contributed by atoms with Crippen molar-refractivity contribution in [1.82, 2.24) is 20.0 Å². The zero-order valence-electron chi connectivity index (χ0n) is 23.0. The molecule has 1 saturated carbocycles. The molecule has 0 spiro atoms. The summed E-state index contributed by atoms with van der Waals surface area (Å²) in [6.07, 6.45) is -0.603. The molecule has 2 heterocycles. The fraction of sp³-hybridized carbons (Fsp3) is 0.379. The van der Waals surface area contributed by atoms with E-state index in [1.165, 1.54) is 21.7 Å². The molecule has 1 aromatic heterocycles. The molecule has 0 radical (unpaired) electrons. The van der Waals surface area contributed by atoms with E-state index < -0.39 is 23.4 Å². The largest absolute Gasteiger partial charge is 0.444 e. The summed E-state index contributed by atoms with van der Waals surface area (Å²) < 4.78 is 47.3. The Kier molecular flexibility index (Phi) is 8.06. The Morgan fingerprint density at radius 1 is 1.17 bits per heavy atom. The summed E-state index contributed by atoms with van der Waals surface area (Å²) in [6, 6.07) is 8.79. The number of hydrogen-bond acceptors (Lipinski definition) is 6. The quantitative estimate of drug-likeness (QED) is 0.296. The molecule has 8 nitrogen and oxygen atoms in total. The van der Waals surface area contributed by atoms with Crippen LogP contribution in [0.2, 0.25) is 5.02 Å². The maximum Gasteiger partial charge on any atom is 0.416 e.